The minimum Gasteiger partial charge on any atom is -0.360 e. The van der Waals surface area contributed by atoms with Crippen LogP contribution in [0.5, 0.6) is 0 Å². The summed E-state index contributed by atoms with van der Waals surface area (Å²) < 4.78 is 0. The lowest BCUT2D eigenvalue weighted by molar-refractivity contribution is 0.112. The smallest absolute Gasteiger partial charge is 0.152 e. The van der Waals surface area contributed by atoms with Crippen molar-refractivity contribution in [2.75, 3.05) is 5.75 Å². The van der Waals surface area contributed by atoms with E-state index in [1.165, 1.54) is 0 Å². The van der Waals surface area contributed by atoms with Gasteiger partial charge in [0.05, 0.1) is 0 Å². The van der Waals surface area contributed by atoms with Crippen LogP contribution in [-0.4, -0.2) is 17.0 Å². The number of carbonyl (C=O) groups is 1. The van der Waals surface area contributed by atoms with Crippen molar-refractivity contribution in [1.29, 1.82) is 0 Å². The van der Waals surface area contributed by atoms with E-state index in [0.29, 0.717) is 5.56 Å². The van der Waals surface area contributed by atoms with E-state index >= 15 is 0 Å². The Morgan fingerprint density at radius 2 is 2.31 bits per heavy atom. The Balaban J connectivity index is 2.39. The molecule has 0 aliphatic carbocycles. The molecule has 0 aliphatic rings. The average molecular weight is 229 g/mol. The van der Waals surface area contributed by atoms with E-state index in [0.717, 1.165) is 34.9 Å². The van der Waals surface area contributed by atoms with Crippen molar-refractivity contribution in [2.24, 2.45) is 0 Å². The van der Waals surface area contributed by atoms with Crippen LogP contribution in [0.1, 0.15) is 22.3 Å². The van der Waals surface area contributed by atoms with Gasteiger partial charge in [-0.1, -0.05) is 17.9 Å². The molecule has 1 aromatic heterocycles. The zero-order valence-electron chi connectivity index (χ0n) is 8.66. The standard InChI is InChI=1S/C13H11NOS/c15-9-11-8-14-13-7-10(3-1-2-6-16)4-5-12(11)13/h4-5,7-9,14,16H,2,6H2. The molecule has 80 valence electrons. The fourth-order valence-corrected chi connectivity index (χ4v) is 1.66. The Morgan fingerprint density at radius 1 is 1.44 bits per heavy atom. The Bertz CT molecular complexity index is 574. The van der Waals surface area contributed by atoms with Gasteiger partial charge in [0.25, 0.3) is 0 Å². The topological polar surface area (TPSA) is 32.9 Å². The number of nitrogens with one attached hydrogen (secondary N) is 1. The number of H-pyrrole nitrogens is 1. The highest BCUT2D eigenvalue weighted by atomic mass is 32.1. The number of hydrogen-bond donors (Lipinski definition) is 2. The third kappa shape index (κ3) is 2.12. The van der Waals surface area contributed by atoms with E-state index in [4.69, 9.17) is 0 Å². The Kier molecular flexibility index (Phi) is 3.33. The largest absolute Gasteiger partial charge is 0.360 e. The number of rotatable bonds is 2. The summed E-state index contributed by atoms with van der Waals surface area (Å²) in [4.78, 5) is 13.8. The summed E-state index contributed by atoms with van der Waals surface area (Å²) in [7, 11) is 0. The van der Waals surface area contributed by atoms with Gasteiger partial charge < -0.3 is 4.98 Å². The highest BCUT2D eigenvalue weighted by molar-refractivity contribution is 7.80. The number of carbonyl (C=O) groups excluding carboxylic acids is 1. The van der Waals surface area contributed by atoms with Gasteiger partial charge in [0.2, 0.25) is 0 Å². The molecule has 0 spiro atoms. The maximum atomic E-state index is 10.7. The maximum absolute atomic E-state index is 10.7. The molecule has 1 aromatic carbocycles. The van der Waals surface area contributed by atoms with Crippen molar-refractivity contribution in [2.45, 2.75) is 6.42 Å². The van der Waals surface area contributed by atoms with E-state index < -0.39 is 0 Å². The van der Waals surface area contributed by atoms with Crippen LogP contribution in [0.25, 0.3) is 10.9 Å². The summed E-state index contributed by atoms with van der Waals surface area (Å²) in [6.07, 6.45) is 3.35. The first kappa shape index (κ1) is 10.8. The van der Waals surface area contributed by atoms with Crippen LogP contribution >= 0.6 is 12.6 Å². The number of thiol groups is 1. The summed E-state index contributed by atoms with van der Waals surface area (Å²) in [6.45, 7) is 0. The normalized spacial score (nSPS) is 9.81. The molecule has 1 N–H and O–H groups in total. The van der Waals surface area contributed by atoms with Crippen molar-refractivity contribution in [1.82, 2.24) is 4.98 Å². The van der Waals surface area contributed by atoms with Crippen molar-refractivity contribution in [3.05, 3.63) is 35.5 Å². The minimum absolute atomic E-state index is 0.685. The molecule has 0 bridgehead atoms. The molecule has 0 aliphatic heterocycles. The van der Waals surface area contributed by atoms with Gasteiger partial charge in [-0.3, -0.25) is 4.79 Å². The number of aromatic amines is 1. The molecule has 0 fully saturated rings. The van der Waals surface area contributed by atoms with Crippen LogP contribution in [-0.2, 0) is 0 Å². The third-order valence-electron chi connectivity index (χ3n) is 2.31. The van der Waals surface area contributed by atoms with Gasteiger partial charge in [0, 0.05) is 40.4 Å². The fourth-order valence-electron chi connectivity index (χ4n) is 1.54. The molecule has 0 unspecified atom stereocenters. The Labute approximate surface area is 99.5 Å². The predicted octanol–water partition coefficient (Wildman–Crippen LogP) is 2.65. The summed E-state index contributed by atoms with van der Waals surface area (Å²) >= 11 is 4.09. The number of aromatic nitrogens is 1. The second-order valence-corrected chi connectivity index (χ2v) is 3.84. The van der Waals surface area contributed by atoms with Crippen LogP contribution in [0.15, 0.2) is 24.4 Å². The molecule has 0 atom stereocenters. The molecule has 0 amide bonds. The zero-order chi connectivity index (χ0) is 11.4. The monoisotopic (exact) mass is 229 g/mol. The Morgan fingerprint density at radius 3 is 3.06 bits per heavy atom. The molecule has 1 heterocycles. The first-order chi connectivity index (χ1) is 7.85. The lowest BCUT2D eigenvalue weighted by Crippen LogP contribution is -1.78. The molecule has 2 rings (SSSR count). The molecule has 0 saturated carbocycles. The third-order valence-corrected chi connectivity index (χ3v) is 2.53. The SMILES string of the molecule is O=Cc1c[nH]c2cc(C#CCCS)ccc12. The van der Waals surface area contributed by atoms with E-state index in [1.807, 2.05) is 18.2 Å². The highest BCUT2D eigenvalue weighted by Crippen LogP contribution is 2.17. The fraction of sp³-hybridized carbons (Fsp3) is 0.154. The Hall–Kier alpha value is -1.66. The highest BCUT2D eigenvalue weighted by Gasteiger charge is 2.01. The van der Waals surface area contributed by atoms with Gasteiger partial charge in [-0.25, -0.2) is 0 Å². The van der Waals surface area contributed by atoms with E-state index in [2.05, 4.69) is 29.5 Å². The molecule has 0 radical (unpaired) electrons. The second kappa shape index (κ2) is 4.91. The summed E-state index contributed by atoms with van der Waals surface area (Å²) in [5.74, 6) is 6.86. The average Bonchev–Trinajstić information content (AvgIpc) is 2.71. The van der Waals surface area contributed by atoms with Gasteiger partial charge >= 0.3 is 0 Å². The van der Waals surface area contributed by atoms with Crippen molar-refractivity contribution < 1.29 is 4.79 Å². The van der Waals surface area contributed by atoms with Crippen LogP contribution in [0, 0.1) is 11.8 Å². The van der Waals surface area contributed by atoms with Gasteiger partial charge in [-0.15, -0.1) is 0 Å². The van der Waals surface area contributed by atoms with E-state index in [9.17, 15) is 4.79 Å². The summed E-state index contributed by atoms with van der Waals surface area (Å²) in [6, 6.07) is 5.79. The zero-order valence-corrected chi connectivity index (χ0v) is 9.55. The number of aldehydes is 1. The molecule has 2 aromatic rings. The van der Waals surface area contributed by atoms with Gasteiger partial charge in [-0.05, 0) is 12.1 Å². The summed E-state index contributed by atoms with van der Waals surface area (Å²) in [5, 5.41) is 0.940. The number of benzene rings is 1. The van der Waals surface area contributed by atoms with Crippen LogP contribution in [0.2, 0.25) is 0 Å². The van der Waals surface area contributed by atoms with Crippen LogP contribution < -0.4 is 0 Å². The van der Waals surface area contributed by atoms with Crippen molar-refractivity contribution >= 4 is 29.8 Å². The molecule has 16 heavy (non-hydrogen) atoms. The van der Waals surface area contributed by atoms with Gasteiger partial charge in [0.1, 0.15) is 0 Å². The van der Waals surface area contributed by atoms with E-state index in [-0.39, 0.29) is 0 Å². The van der Waals surface area contributed by atoms with Crippen molar-refractivity contribution in [3.63, 3.8) is 0 Å². The molecule has 2 nitrogen and oxygen atoms in total. The van der Waals surface area contributed by atoms with Crippen LogP contribution in [0.3, 0.4) is 0 Å². The predicted molar refractivity (Wildman–Crippen MR) is 69.0 cm³/mol. The van der Waals surface area contributed by atoms with E-state index in [1.54, 1.807) is 6.20 Å². The van der Waals surface area contributed by atoms with Crippen molar-refractivity contribution in [3.8, 4) is 11.8 Å². The lowest BCUT2D eigenvalue weighted by Gasteiger charge is -1.92. The quantitative estimate of drug-likeness (QED) is 0.463. The van der Waals surface area contributed by atoms with Gasteiger partial charge in [-0.2, -0.15) is 12.6 Å². The number of hydrogen-bond acceptors (Lipinski definition) is 2. The molecular formula is C13H11NOS. The van der Waals surface area contributed by atoms with Gasteiger partial charge in [0.15, 0.2) is 6.29 Å². The van der Waals surface area contributed by atoms with Crippen LogP contribution in [0.4, 0.5) is 0 Å². The summed E-state index contributed by atoms with van der Waals surface area (Å²) in [5.41, 5.74) is 2.58. The second-order valence-electron chi connectivity index (χ2n) is 3.40. The molecule has 3 heteroatoms. The lowest BCUT2D eigenvalue weighted by atomic mass is 10.1. The maximum Gasteiger partial charge on any atom is 0.152 e. The minimum atomic E-state index is 0.685. The molecule has 0 saturated heterocycles. The first-order valence-corrected chi connectivity index (χ1v) is 5.64. The molecular weight excluding hydrogens is 218 g/mol. The number of fused-ring (bicyclic) bond motifs is 1. The first-order valence-electron chi connectivity index (χ1n) is 5.01.